The van der Waals surface area contributed by atoms with Crippen LogP contribution in [0.15, 0.2) is 24.4 Å². The zero-order chi connectivity index (χ0) is 25.9. The molecular weight excluding hydrogens is 490 g/mol. The van der Waals surface area contributed by atoms with Gasteiger partial charge >= 0.3 is 0 Å². The molecule has 9 nitrogen and oxygen atoms in total. The van der Waals surface area contributed by atoms with E-state index < -0.39 is 24.9 Å². The number of fused-ring (bicyclic) bond motifs is 2. The molecule has 0 aromatic carbocycles. The lowest BCUT2D eigenvalue weighted by Gasteiger charge is -2.38. The van der Waals surface area contributed by atoms with Crippen molar-refractivity contribution < 1.29 is 17.6 Å². The van der Waals surface area contributed by atoms with Crippen LogP contribution in [-0.4, -0.2) is 78.6 Å². The molecule has 4 aromatic rings. The number of aryl methyl sites for hydroxylation is 1. The first kappa shape index (κ1) is 23.9. The maximum absolute atomic E-state index is 14.9. The van der Waals surface area contributed by atoms with Gasteiger partial charge in [-0.15, -0.1) is 5.10 Å². The highest BCUT2D eigenvalue weighted by Crippen LogP contribution is 2.36. The minimum Gasteiger partial charge on any atom is -0.371 e. The van der Waals surface area contributed by atoms with Crippen LogP contribution in [0, 0.1) is 6.92 Å². The highest BCUT2D eigenvalue weighted by atomic mass is 19.3. The van der Waals surface area contributed by atoms with Crippen molar-refractivity contribution in [3.63, 3.8) is 0 Å². The van der Waals surface area contributed by atoms with Gasteiger partial charge in [-0.05, 0) is 44.4 Å². The van der Waals surface area contributed by atoms with E-state index in [1.54, 1.807) is 42.9 Å². The quantitative estimate of drug-likeness (QED) is 0.358. The second kappa shape index (κ2) is 8.82. The number of halogens is 4. The number of rotatable bonds is 7. The van der Waals surface area contributed by atoms with Gasteiger partial charge in [0, 0.05) is 31.4 Å². The molecule has 1 aliphatic heterocycles. The van der Waals surface area contributed by atoms with Crippen LogP contribution in [0.3, 0.4) is 0 Å². The first-order valence-electron chi connectivity index (χ1n) is 12.3. The molecule has 2 aliphatic rings. The highest BCUT2D eigenvalue weighted by molar-refractivity contribution is 5.89. The molecule has 6 rings (SSSR count). The molecule has 37 heavy (non-hydrogen) atoms. The highest BCUT2D eigenvalue weighted by Gasteiger charge is 2.48. The summed E-state index contributed by atoms with van der Waals surface area (Å²) < 4.78 is 59.1. The fourth-order valence-corrected chi connectivity index (χ4v) is 5.14. The number of aromatic nitrogens is 6. The molecule has 196 valence electrons. The number of anilines is 2. The number of piperidine rings is 1. The average molecular weight is 518 g/mol. The summed E-state index contributed by atoms with van der Waals surface area (Å²) >= 11 is 0. The van der Waals surface area contributed by atoms with E-state index in [1.807, 2.05) is 4.90 Å². The Morgan fingerprint density at radius 1 is 1.11 bits per heavy atom. The van der Waals surface area contributed by atoms with Crippen molar-refractivity contribution in [2.75, 3.05) is 30.8 Å². The standard InChI is InChI=1S/C24H27F4N9/c1-13-30-17-6-5-16(31-22(17)36(13)11-19(25)26)15-7-10-37-20(15)21(29-2)33-23(34-37)32-18-8-9-35(14-3-4-14)12-24(18,27)28/h5-7,10,14,18-19H,3-4,8-9,11-12H2,1-2H3,(H2,29,32,33,34). The van der Waals surface area contributed by atoms with Crippen molar-refractivity contribution >= 4 is 28.4 Å². The second-order valence-electron chi connectivity index (χ2n) is 9.70. The molecule has 0 spiro atoms. The minimum atomic E-state index is -2.90. The van der Waals surface area contributed by atoms with E-state index in [4.69, 9.17) is 0 Å². The van der Waals surface area contributed by atoms with Gasteiger partial charge in [0.05, 0.1) is 24.8 Å². The van der Waals surface area contributed by atoms with E-state index in [-0.39, 0.29) is 12.5 Å². The average Bonchev–Trinajstić information content (AvgIpc) is 3.55. The number of pyridine rings is 1. The molecule has 4 aromatic heterocycles. The lowest BCUT2D eigenvalue weighted by molar-refractivity contribution is -0.0761. The Morgan fingerprint density at radius 3 is 2.62 bits per heavy atom. The fraction of sp³-hybridized carbons (Fsp3) is 0.500. The van der Waals surface area contributed by atoms with Gasteiger partial charge in [-0.2, -0.15) is 4.98 Å². The number of nitrogens with zero attached hydrogens (tertiary/aromatic N) is 7. The molecule has 2 N–H and O–H groups in total. The third-order valence-corrected chi connectivity index (χ3v) is 7.12. The molecule has 1 aliphatic carbocycles. The molecule has 1 unspecified atom stereocenters. The summed E-state index contributed by atoms with van der Waals surface area (Å²) in [4.78, 5) is 15.3. The molecule has 1 saturated carbocycles. The lowest BCUT2D eigenvalue weighted by Crippen LogP contribution is -2.55. The summed E-state index contributed by atoms with van der Waals surface area (Å²) in [6, 6.07) is 4.51. The maximum atomic E-state index is 14.9. The zero-order valence-corrected chi connectivity index (χ0v) is 20.4. The Morgan fingerprint density at radius 2 is 1.92 bits per heavy atom. The molecule has 5 heterocycles. The summed E-state index contributed by atoms with van der Waals surface area (Å²) in [6.45, 7) is 1.51. The number of hydrogen-bond acceptors (Lipinski definition) is 7. The Bertz CT molecular complexity index is 1460. The first-order valence-corrected chi connectivity index (χ1v) is 12.3. The Kier molecular flexibility index (Phi) is 5.70. The monoisotopic (exact) mass is 517 g/mol. The maximum Gasteiger partial charge on any atom is 0.280 e. The van der Waals surface area contributed by atoms with Gasteiger partial charge in [-0.1, -0.05) is 0 Å². The van der Waals surface area contributed by atoms with Crippen LogP contribution < -0.4 is 10.6 Å². The predicted octanol–water partition coefficient (Wildman–Crippen LogP) is 4.04. The molecule has 1 saturated heterocycles. The Balaban J connectivity index is 1.33. The van der Waals surface area contributed by atoms with E-state index in [1.165, 1.54) is 4.57 Å². The van der Waals surface area contributed by atoms with Crippen molar-refractivity contribution in [2.24, 2.45) is 0 Å². The molecular formula is C24H27F4N9. The van der Waals surface area contributed by atoms with Crippen molar-refractivity contribution in [2.45, 2.75) is 57.2 Å². The van der Waals surface area contributed by atoms with Gasteiger partial charge in [0.1, 0.15) is 16.9 Å². The minimum absolute atomic E-state index is 0.0950. The normalized spacial score (nSPS) is 20.2. The van der Waals surface area contributed by atoms with E-state index in [2.05, 4.69) is 30.7 Å². The van der Waals surface area contributed by atoms with Gasteiger partial charge in [0.15, 0.2) is 11.5 Å². The molecule has 0 radical (unpaired) electrons. The second-order valence-corrected chi connectivity index (χ2v) is 9.70. The van der Waals surface area contributed by atoms with Crippen LogP contribution in [0.4, 0.5) is 29.3 Å². The number of hydrogen-bond donors (Lipinski definition) is 2. The van der Waals surface area contributed by atoms with E-state index in [0.717, 1.165) is 12.8 Å². The van der Waals surface area contributed by atoms with Gasteiger partial charge in [-0.25, -0.2) is 32.0 Å². The van der Waals surface area contributed by atoms with Crippen LogP contribution in [0.25, 0.3) is 27.9 Å². The largest absolute Gasteiger partial charge is 0.371 e. The SMILES string of the molecule is CNc1nc(NC2CCN(C3CC3)CC2(F)F)nn2ccc(-c3ccc4nc(C)n(CC(F)F)c4n3)c12. The van der Waals surface area contributed by atoms with Crippen molar-refractivity contribution in [3.05, 3.63) is 30.2 Å². The lowest BCUT2D eigenvalue weighted by atomic mass is 10.0. The zero-order valence-electron chi connectivity index (χ0n) is 20.4. The predicted molar refractivity (Wildman–Crippen MR) is 131 cm³/mol. The number of likely N-dealkylation sites (tertiary alicyclic amines) is 1. The summed E-state index contributed by atoms with van der Waals surface area (Å²) in [5.41, 5.74) is 2.68. The summed E-state index contributed by atoms with van der Waals surface area (Å²) in [6.07, 6.45) is 1.43. The van der Waals surface area contributed by atoms with Crippen molar-refractivity contribution in [1.29, 1.82) is 0 Å². The van der Waals surface area contributed by atoms with Gasteiger partial charge in [0.25, 0.3) is 12.3 Å². The molecule has 0 bridgehead atoms. The van der Waals surface area contributed by atoms with Crippen LogP contribution in [0.5, 0.6) is 0 Å². The smallest absolute Gasteiger partial charge is 0.280 e. The van der Waals surface area contributed by atoms with Crippen LogP contribution >= 0.6 is 0 Å². The third kappa shape index (κ3) is 4.34. The number of imidazole rings is 1. The van der Waals surface area contributed by atoms with Gasteiger partial charge < -0.3 is 15.2 Å². The molecule has 2 fully saturated rings. The van der Waals surface area contributed by atoms with Gasteiger partial charge in [-0.3, -0.25) is 4.90 Å². The summed E-state index contributed by atoms with van der Waals surface area (Å²) in [5, 5.41) is 10.3. The number of nitrogens with one attached hydrogen (secondary N) is 2. The van der Waals surface area contributed by atoms with E-state index in [0.29, 0.717) is 58.6 Å². The Hall–Kier alpha value is -3.48. The van der Waals surface area contributed by atoms with E-state index >= 15 is 0 Å². The first-order chi connectivity index (χ1) is 17.7. The van der Waals surface area contributed by atoms with Crippen LogP contribution in [-0.2, 0) is 6.54 Å². The van der Waals surface area contributed by atoms with E-state index in [9.17, 15) is 17.6 Å². The number of alkyl halides is 4. The topological polar surface area (TPSA) is 88.2 Å². The molecule has 13 heteroatoms. The van der Waals surface area contributed by atoms with Crippen LogP contribution in [0.1, 0.15) is 25.1 Å². The fourth-order valence-electron chi connectivity index (χ4n) is 5.14. The Labute approximate surface area is 209 Å². The summed E-state index contributed by atoms with van der Waals surface area (Å²) in [7, 11) is 1.68. The molecule has 0 amide bonds. The third-order valence-electron chi connectivity index (χ3n) is 7.12. The van der Waals surface area contributed by atoms with Crippen molar-refractivity contribution in [3.8, 4) is 11.3 Å². The van der Waals surface area contributed by atoms with Crippen molar-refractivity contribution in [1.82, 2.24) is 34.0 Å². The summed E-state index contributed by atoms with van der Waals surface area (Å²) in [5.74, 6) is -1.93. The van der Waals surface area contributed by atoms with Gasteiger partial charge in [0.2, 0.25) is 5.95 Å². The molecule has 1 atom stereocenters. The van der Waals surface area contributed by atoms with Crippen LogP contribution in [0.2, 0.25) is 0 Å².